The second-order valence-corrected chi connectivity index (χ2v) is 18.4. The summed E-state index contributed by atoms with van der Waals surface area (Å²) in [6.45, 7) is 0. The predicted molar refractivity (Wildman–Crippen MR) is 354 cm³/mol. The predicted octanol–water partition coefficient (Wildman–Crippen LogP) is -22.2. The molecule has 10 aromatic rings. The first-order valence-electron chi connectivity index (χ1n) is 22.5. The number of nitrogens with zero attached hydrogens (tertiary/aromatic N) is 4. The van der Waals surface area contributed by atoms with E-state index in [-0.39, 0.29) is 248 Å². The maximum Gasteiger partial charge on any atom is 0.163 e. The molecule has 0 saturated heterocycles. The monoisotopic (exact) mass is 920 g/mol. The van der Waals surface area contributed by atoms with Crippen molar-refractivity contribution in [2.45, 2.75) is 0 Å². The van der Waals surface area contributed by atoms with Crippen molar-refractivity contribution in [3.05, 3.63) is 0 Å². The van der Waals surface area contributed by atoms with Crippen LogP contribution in [0.1, 0.15) is 0 Å². The Labute approximate surface area is 488 Å². The zero-order valence-corrected chi connectivity index (χ0v) is 40.9. The Morgan fingerprint density at radius 1 is 0.205 bits per heavy atom. The van der Waals surface area contributed by atoms with Gasteiger partial charge in [0.05, 0.1) is 11.1 Å². The summed E-state index contributed by atoms with van der Waals surface area (Å²) in [6.07, 6.45) is 0. The first-order chi connectivity index (χ1) is 36.4. The number of furan rings is 1. The summed E-state index contributed by atoms with van der Waals surface area (Å²) in [5.41, 5.74) is -5.66. The molecule has 0 fully saturated rings. The number of benzene rings is 7. The first kappa shape index (κ1) is 56.3. The van der Waals surface area contributed by atoms with Crippen molar-refractivity contribution >= 4 is 416 Å². The molecule has 0 aliphatic heterocycles. The van der Waals surface area contributed by atoms with Crippen LogP contribution in [0.5, 0.6) is 0 Å². The van der Waals surface area contributed by atoms with E-state index in [1.165, 1.54) is 4.57 Å². The summed E-state index contributed by atoms with van der Waals surface area (Å²) in [5, 5.41) is 0.357. The molecule has 78 heavy (non-hydrogen) atoms. The lowest BCUT2D eigenvalue weighted by molar-refractivity contribution is 0.674. The number of hydrogen-bond donors (Lipinski definition) is 0. The molecule has 10 rings (SSSR count). The van der Waals surface area contributed by atoms with Gasteiger partial charge in [-0.3, -0.25) is 0 Å². The van der Waals surface area contributed by atoms with E-state index in [1.54, 1.807) is 0 Å². The Kier molecular flexibility index (Phi) is 13.9. The lowest BCUT2D eigenvalue weighted by Gasteiger charge is -2.28. The van der Waals surface area contributed by atoms with Crippen LogP contribution in [0.2, 0.25) is 0 Å². The topological polar surface area (TPSA) is 56.7 Å². The summed E-state index contributed by atoms with van der Waals surface area (Å²) < 4.78 is 8.03. The third-order valence-electron chi connectivity index (χ3n) is 14.4. The Balaban J connectivity index is 1.37. The molecule has 0 unspecified atom stereocenters. The normalized spacial score (nSPS) is 11.7. The Bertz CT molecular complexity index is 4360. The molecule has 5 nitrogen and oxygen atoms in total. The van der Waals surface area contributed by atoms with Crippen molar-refractivity contribution in [3.8, 4) is 51.0 Å². The van der Waals surface area contributed by atoms with E-state index in [9.17, 15) is 0 Å². The molecule has 33 heteroatoms. The van der Waals surface area contributed by atoms with Crippen molar-refractivity contribution in [3.63, 3.8) is 0 Å². The van der Waals surface area contributed by atoms with Gasteiger partial charge in [0, 0.05) is 33.1 Å². The van der Waals surface area contributed by atoms with Gasteiger partial charge in [0.1, 0.15) is 231 Å². The van der Waals surface area contributed by atoms with Crippen LogP contribution in [0.25, 0.3) is 94.7 Å². The molecule has 56 radical (unpaired) electrons. The van der Waals surface area contributed by atoms with Crippen molar-refractivity contribution in [2.75, 3.05) is 0 Å². The van der Waals surface area contributed by atoms with E-state index in [0.717, 1.165) is 0 Å². The van der Waals surface area contributed by atoms with Crippen molar-refractivity contribution < 1.29 is 4.42 Å². The summed E-state index contributed by atoms with van der Waals surface area (Å²) in [4.78, 5) is 14.3. The van der Waals surface area contributed by atoms with Crippen LogP contribution in [-0.4, -0.2) is 239 Å². The molecule has 0 amide bonds. The summed E-state index contributed by atoms with van der Waals surface area (Å²) in [6, 6.07) is 0. The Hall–Kier alpha value is -5.03. The first-order valence-corrected chi connectivity index (χ1v) is 22.5. The van der Waals surface area contributed by atoms with E-state index in [4.69, 9.17) is 239 Å². The minimum absolute atomic E-state index is 0.000745. The highest BCUT2D eigenvalue weighted by Crippen LogP contribution is 2.35. The van der Waals surface area contributed by atoms with E-state index in [1.807, 2.05) is 0 Å². The molecule has 0 N–H and O–H groups in total. The van der Waals surface area contributed by atoms with Gasteiger partial charge in [0.2, 0.25) is 0 Å². The lowest BCUT2D eigenvalue weighted by Crippen LogP contribution is -2.57. The zero-order chi connectivity index (χ0) is 57.4. The lowest BCUT2D eigenvalue weighted by atomic mass is 9.56. The fraction of sp³-hybridized carbons (Fsp3) is 0. The number of rotatable bonds is 5. The van der Waals surface area contributed by atoms with Gasteiger partial charge in [0.15, 0.2) is 17.5 Å². The van der Waals surface area contributed by atoms with Crippen molar-refractivity contribution in [1.29, 1.82) is 0 Å². The largest absolute Gasteiger partial charge is 0.457 e. The van der Waals surface area contributed by atoms with Gasteiger partial charge >= 0.3 is 0 Å². The van der Waals surface area contributed by atoms with Crippen molar-refractivity contribution in [1.82, 2.24) is 19.5 Å². The van der Waals surface area contributed by atoms with Gasteiger partial charge in [0.25, 0.3) is 0 Å². The summed E-state index contributed by atoms with van der Waals surface area (Å²) >= 11 is 0. The third kappa shape index (κ3) is 7.52. The molecule has 0 spiro atoms. The van der Waals surface area contributed by atoms with Crippen LogP contribution < -0.4 is 153 Å². The van der Waals surface area contributed by atoms with Gasteiger partial charge < -0.3 is 8.98 Å². The average Bonchev–Trinajstić information content (AvgIpc) is 3.79. The summed E-state index contributed by atoms with van der Waals surface area (Å²) in [5.74, 6) is -1.08. The van der Waals surface area contributed by atoms with Gasteiger partial charge in [-0.2, -0.15) is 0 Å². The third-order valence-corrected chi connectivity index (χ3v) is 14.4. The second-order valence-electron chi connectivity index (χ2n) is 18.4. The molecular formula is C45B28N4O. The van der Waals surface area contributed by atoms with E-state index >= 15 is 0 Å². The van der Waals surface area contributed by atoms with Crippen LogP contribution in [0, 0.1) is 0 Å². The van der Waals surface area contributed by atoms with Crippen LogP contribution in [0.15, 0.2) is 4.42 Å². The molecule has 0 atom stereocenters. The molecule has 7 aromatic carbocycles. The maximum absolute atomic E-state index is 7.18. The minimum Gasteiger partial charge on any atom is -0.457 e. The van der Waals surface area contributed by atoms with Crippen molar-refractivity contribution in [2.24, 2.45) is 0 Å². The highest BCUT2D eigenvalue weighted by Gasteiger charge is 2.31. The van der Waals surface area contributed by atoms with Gasteiger partial charge in [-0.05, 0) is 27.4 Å². The quantitative estimate of drug-likeness (QED) is 0.161. The average molecular weight is 915 g/mol. The molecule has 3 aromatic heterocycles. The molecule has 290 valence electrons. The zero-order valence-electron chi connectivity index (χ0n) is 40.9. The maximum atomic E-state index is 7.18. The van der Waals surface area contributed by atoms with E-state index in [0.29, 0.717) is 0 Å². The Morgan fingerprint density at radius 2 is 0.462 bits per heavy atom. The Morgan fingerprint density at radius 3 is 0.872 bits per heavy atom. The number of fused-ring (bicyclic) bond motifs is 6. The van der Waals surface area contributed by atoms with Crippen LogP contribution in [0.3, 0.4) is 0 Å². The minimum atomic E-state index is -0.371. The highest BCUT2D eigenvalue weighted by atomic mass is 16.3. The fourth-order valence-electron chi connectivity index (χ4n) is 10.0. The SMILES string of the molecule is [B]c1c([B])c([B])c(-c2nc(-c3c([B])c([B])c([B])c(-c4c([B])c([B])c([B])c([B])c4[B])c3[B])nc(-c3c([B])c([B])c4c(oc5c([B])c([B])c([B])c(-n6c7c([B])c([B])c([B])c([B])c7c7c([B])c([B])c([B])c([B])c76)c54)c3[B])n2)c([B])c1[B]. The standard InChI is InChI=1S/C45B28N4O/c46-10-1(2-12(48)23(59)29(65)24(60)13(2)49)11(47)22(58)18(54)7(10)43-74-44(8-19(55)27(63)30(66)28(64)20(8)56)76-45(75-43)9-17(53)16(52)5-6-40(36(72)33(69)37(73)42(6)78-41(5)21(9)57)77-38-3(14(50)25(61)31(67)34(38)70)4-15(51)26(62)32(68)35(71)39(4)77. The molecule has 0 bridgehead atoms. The van der Waals surface area contributed by atoms with E-state index < -0.39 is 0 Å². The molecule has 0 aliphatic rings. The molecule has 3 heterocycles. The van der Waals surface area contributed by atoms with E-state index in [2.05, 4.69) is 0 Å². The molecule has 0 aliphatic carbocycles. The second kappa shape index (κ2) is 19.3. The van der Waals surface area contributed by atoms with Crippen LogP contribution in [0.4, 0.5) is 0 Å². The summed E-state index contributed by atoms with van der Waals surface area (Å²) in [7, 11) is 186. The van der Waals surface area contributed by atoms with Gasteiger partial charge in [-0.15, -0.1) is 65.6 Å². The fourth-order valence-corrected chi connectivity index (χ4v) is 10.0. The molecular weight excluding hydrogens is 915 g/mol. The van der Waals surface area contributed by atoms with Crippen LogP contribution in [-0.2, 0) is 0 Å². The number of aromatic nitrogens is 4. The van der Waals surface area contributed by atoms with Gasteiger partial charge in [-0.1, -0.05) is 81.9 Å². The van der Waals surface area contributed by atoms with Crippen LogP contribution >= 0.6 is 0 Å². The van der Waals surface area contributed by atoms with Gasteiger partial charge in [-0.25, -0.2) is 15.0 Å². The molecule has 0 saturated carbocycles. The smallest absolute Gasteiger partial charge is 0.163 e. The number of hydrogen-bond acceptors (Lipinski definition) is 4. The highest BCUT2D eigenvalue weighted by molar-refractivity contribution is 6.75.